The molecule has 7 nitrogen and oxygen atoms in total. The number of thioether (sulfide) groups is 1. The van der Waals surface area contributed by atoms with Crippen LogP contribution in [0.2, 0.25) is 0 Å². The number of nitrogen functional groups attached to an aromatic ring is 1. The molecular formula is C23H21N3O4S. The molecule has 1 aliphatic heterocycles. The van der Waals surface area contributed by atoms with Gasteiger partial charge in [-0.2, -0.15) is 0 Å². The Morgan fingerprint density at radius 1 is 1.23 bits per heavy atom. The molecule has 2 unspecified atom stereocenters. The van der Waals surface area contributed by atoms with Crippen molar-refractivity contribution in [2.75, 3.05) is 12.0 Å². The number of ketones is 1. The number of aryl methyl sites for hydroxylation is 1. The largest absolute Gasteiger partial charge is 0.454 e. The molecule has 0 radical (unpaired) electrons. The molecule has 31 heavy (non-hydrogen) atoms. The number of rotatable bonds is 3. The highest BCUT2D eigenvalue weighted by Gasteiger charge is 2.72. The Balaban J connectivity index is 1.73. The first kappa shape index (κ1) is 19.7. The summed E-state index contributed by atoms with van der Waals surface area (Å²) >= 11 is 1.51. The summed E-state index contributed by atoms with van der Waals surface area (Å²) in [6, 6.07) is 10.1. The Kier molecular flexibility index (Phi) is 4.06. The average molecular weight is 436 g/mol. The number of hydrogen-bond acceptors (Lipinski definition) is 6. The summed E-state index contributed by atoms with van der Waals surface area (Å²) in [6.45, 7) is 3.71. The minimum Gasteiger partial charge on any atom is -0.454 e. The highest BCUT2D eigenvalue weighted by atomic mass is 32.2. The van der Waals surface area contributed by atoms with Crippen LogP contribution >= 0.6 is 11.8 Å². The normalized spacial score (nSPS) is 23.2. The molecule has 0 bridgehead atoms. The van der Waals surface area contributed by atoms with Crippen LogP contribution in [-0.4, -0.2) is 28.0 Å². The maximum absolute atomic E-state index is 13.8. The lowest BCUT2D eigenvalue weighted by Gasteiger charge is -2.34. The van der Waals surface area contributed by atoms with Gasteiger partial charge in [0.2, 0.25) is 11.3 Å². The molecule has 8 heteroatoms. The Morgan fingerprint density at radius 3 is 2.71 bits per heavy atom. The first-order valence-corrected chi connectivity index (χ1v) is 11.0. The smallest absolute Gasteiger partial charge is 0.271 e. The van der Waals surface area contributed by atoms with Gasteiger partial charge < -0.3 is 25.9 Å². The van der Waals surface area contributed by atoms with E-state index < -0.39 is 23.0 Å². The van der Waals surface area contributed by atoms with Crippen molar-refractivity contribution in [3.05, 3.63) is 76.1 Å². The zero-order valence-corrected chi connectivity index (χ0v) is 18.0. The first-order chi connectivity index (χ1) is 14.7. The summed E-state index contributed by atoms with van der Waals surface area (Å²) in [6.07, 6.45) is 3.66. The van der Waals surface area contributed by atoms with Crippen LogP contribution in [0.15, 0.2) is 47.5 Å². The lowest BCUT2D eigenvalue weighted by Crippen LogP contribution is -2.60. The van der Waals surface area contributed by atoms with Gasteiger partial charge in [-0.25, -0.2) is 0 Å². The van der Waals surface area contributed by atoms with E-state index in [9.17, 15) is 14.7 Å². The summed E-state index contributed by atoms with van der Waals surface area (Å²) in [7, 11) is 0. The number of H-pyrrole nitrogens is 1. The van der Waals surface area contributed by atoms with Crippen molar-refractivity contribution in [1.82, 2.24) is 10.3 Å². The van der Waals surface area contributed by atoms with Gasteiger partial charge in [-0.15, -0.1) is 11.8 Å². The van der Waals surface area contributed by atoms with Gasteiger partial charge in [-0.1, -0.05) is 24.3 Å². The van der Waals surface area contributed by atoms with Crippen molar-refractivity contribution >= 4 is 29.1 Å². The molecule has 0 saturated heterocycles. The molecule has 0 fully saturated rings. The van der Waals surface area contributed by atoms with E-state index in [1.807, 2.05) is 26.2 Å². The van der Waals surface area contributed by atoms with Gasteiger partial charge in [0.15, 0.2) is 0 Å². The monoisotopic (exact) mass is 435 g/mol. The van der Waals surface area contributed by atoms with Crippen molar-refractivity contribution in [2.45, 2.75) is 30.1 Å². The Bertz CT molecular complexity index is 1280. The van der Waals surface area contributed by atoms with Crippen LogP contribution in [0.4, 0.5) is 5.69 Å². The van der Waals surface area contributed by atoms with Gasteiger partial charge in [0.1, 0.15) is 11.4 Å². The molecule has 2 aliphatic rings. The van der Waals surface area contributed by atoms with Crippen molar-refractivity contribution in [3.63, 3.8) is 0 Å². The van der Waals surface area contributed by atoms with E-state index in [4.69, 9.17) is 10.5 Å². The molecule has 0 saturated carbocycles. The third-order valence-electron chi connectivity index (χ3n) is 6.18. The summed E-state index contributed by atoms with van der Waals surface area (Å²) in [5.41, 5.74) is 7.23. The summed E-state index contributed by atoms with van der Waals surface area (Å²) in [4.78, 5) is 31.1. The number of nitrogens with one attached hydrogen (secondary N) is 2. The number of ether oxygens (including phenoxy) is 1. The van der Waals surface area contributed by atoms with Crippen molar-refractivity contribution in [2.24, 2.45) is 0 Å². The standard InChI is InChI=1S/C23H21N3O4S/c1-11-7-8-13-16(9-11)30-23(29)14-5-4-6-15(24)18(14)20(27)22(13,23)26-21(28)19-12(2)17(31-3)10-25-19/h4-10,25,29H,24H2,1-3H3,(H,26,28). The van der Waals surface area contributed by atoms with E-state index in [1.54, 1.807) is 36.5 Å². The van der Waals surface area contributed by atoms with E-state index in [0.29, 0.717) is 17.0 Å². The molecule has 0 spiro atoms. The number of benzene rings is 2. The minimum absolute atomic E-state index is 0.157. The molecule has 5 N–H and O–H groups in total. The fourth-order valence-corrected chi connectivity index (χ4v) is 5.22. The average Bonchev–Trinajstić information content (AvgIpc) is 3.28. The highest BCUT2D eigenvalue weighted by molar-refractivity contribution is 7.98. The zero-order chi connectivity index (χ0) is 22.1. The van der Waals surface area contributed by atoms with Gasteiger partial charge in [0, 0.05) is 27.9 Å². The molecule has 158 valence electrons. The van der Waals surface area contributed by atoms with Crippen LogP contribution in [0.3, 0.4) is 0 Å². The molecule has 1 aromatic heterocycles. The topological polar surface area (TPSA) is 117 Å². The van der Waals surface area contributed by atoms with Crippen LogP contribution in [0.25, 0.3) is 0 Å². The number of hydrogen-bond donors (Lipinski definition) is 4. The Hall–Kier alpha value is -3.23. The second kappa shape index (κ2) is 6.38. The van der Waals surface area contributed by atoms with Crippen molar-refractivity contribution in [1.29, 1.82) is 0 Å². The molecule has 3 aromatic rings. The lowest BCUT2D eigenvalue weighted by atomic mass is 9.82. The zero-order valence-electron chi connectivity index (χ0n) is 17.2. The molecule has 5 rings (SSSR count). The molecule has 1 aliphatic carbocycles. The Morgan fingerprint density at radius 2 is 2.00 bits per heavy atom. The molecule has 1 amide bonds. The maximum Gasteiger partial charge on any atom is 0.271 e. The number of anilines is 1. The second-order valence-corrected chi connectivity index (χ2v) is 8.75. The summed E-state index contributed by atoms with van der Waals surface area (Å²) in [5, 5.41) is 14.7. The van der Waals surface area contributed by atoms with Crippen molar-refractivity contribution < 1.29 is 19.4 Å². The molecular weight excluding hydrogens is 414 g/mol. The van der Waals surface area contributed by atoms with Crippen LogP contribution in [-0.2, 0) is 11.3 Å². The number of nitrogens with two attached hydrogens (primary N) is 1. The fraction of sp³-hybridized carbons (Fsp3) is 0.217. The van der Waals surface area contributed by atoms with Gasteiger partial charge in [-0.05, 0) is 43.4 Å². The predicted octanol–water partition coefficient (Wildman–Crippen LogP) is 2.99. The van der Waals surface area contributed by atoms with Crippen LogP contribution in [0.5, 0.6) is 5.75 Å². The SMILES string of the molecule is CSc1c[nH]c(C(=O)NC23C(=O)c4c(N)cccc4C2(O)Oc2cc(C)ccc23)c1C. The van der Waals surface area contributed by atoms with Gasteiger partial charge in [0.05, 0.1) is 5.56 Å². The van der Waals surface area contributed by atoms with E-state index >= 15 is 0 Å². The molecule has 2 aromatic carbocycles. The van der Waals surface area contributed by atoms with E-state index in [2.05, 4.69) is 10.3 Å². The quantitative estimate of drug-likeness (QED) is 0.371. The van der Waals surface area contributed by atoms with E-state index in [0.717, 1.165) is 16.0 Å². The van der Waals surface area contributed by atoms with Gasteiger partial charge in [-0.3, -0.25) is 9.59 Å². The third-order valence-corrected chi connectivity index (χ3v) is 7.04. The molecule has 2 atom stereocenters. The van der Waals surface area contributed by atoms with Crippen molar-refractivity contribution in [3.8, 4) is 5.75 Å². The minimum atomic E-state index is -2.12. The van der Waals surface area contributed by atoms with E-state index in [1.165, 1.54) is 11.8 Å². The number of aromatic amines is 1. The Labute approximate surface area is 183 Å². The number of carbonyl (C=O) groups excluding carboxylic acids is 2. The van der Waals surface area contributed by atoms with Crippen LogP contribution < -0.4 is 15.8 Å². The number of amides is 1. The summed E-state index contributed by atoms with van der Waals surface area (Å²) < 4.78 is 6.00. The number of aromatic nitrogens is 1. The highest BCUT2D eigenvalue weighted by Crippen LogP contribution is 2.59. The van der Waals surface area contributed by atoms with Gasteiger partial charge in [0.25, 0.3) is 11.7 Å². The number of aliphatic hydroxyl groups is 1. The fourth-order valence-electron chi connectivity index (χ4n) is 4.64. The van der Waals surface area contributed by atoms with Gasteiger partial charge >= 0.3 is 0 Å². The molecule has 2 heterocycles. The lowest BCUT2D eigenvalue weighted by molar-refractivity contribution is -0.169. The number of carbonyl (C=O) groups is 2. The number of Topliss-reactive ketones (excluding diaryl/α,β-unsaturated/α-hetero) is 1. The second-order valence-electron chi connectivity index (χ2n) is 7.91. The predicted molar refractivity (Wildman–Crippen MR) is 117 cm³/mol. The third kappa shape index (κ3) is 2.34. The summed E-state index contributed by atoms with van der Waals surface area (Å²) in [5.74, 6) is -2.80. The van der Waals surface area contributed by atoms with Crippen LogP contribution in [0, 0.1) is 13.8 Å². The number of fused-ring (bicyclic) bond motifs is 5. The maximum atomic E-state index is 13.8. The first-order valence-electron chi connectivity index (χ1n) is 9.75. The van der Waals surface area contributed by atoms with E-state index in [-0.39, 0.29) is 16.8 Å². The van der Waals surface area contributed by atoms with Crippen LogP contribution in [0.1, 0.15) is 43.1 Å².